The summed E-state index contributed by atoms with van der Waals surface area (Å²) in [6, 6.07) is 14.2. The molecule has 0 unspecified atom stereocenters. The van der Waals surface area contributed by atoms with E-state index >= 15 is 0 Å². The molecule has 0 aliphatic heterocycles. The van der Waals surface area contributed by atoms with Crippen molar-refractivity contribution in [2.24, 2.45) is 15.9 Å². The van der Waals surface area contributed by atoms with E-state index in [0.717, 1.165) is 5.56 Å². The van der Waals surface area contributed by atoms with Crippen molar-refractivity contribution in [1.29, 1.82) is 0 Å². The molecule has 23 heavy (non-hydrogen) atoms. The first-order valence-corrected chi connectivity index (χ1v) is 7.90. The van der Waals surface area contributed by atoms with E-state index in [1.165, 1.54) is 30.1 Å². The molecule has 0 bridgehead atoms. The zero-order valence-electron chi connectivity index (χ0n) is 11.9. The van der Waals surface area contributed by atoms with Crippen LogP contribution in [0.1, 0.15) is 11.1 Å². The molecule has 0 aromatic heterocycles. The molecule has 2 rings (SSSR count). The van der Waals surface area contributed by atoms with Crippen LogP contribution in [0.15, 0.2) is 58.7 Å². The number of hydrogen-bond donors (Lipinski definition) is 1. The molecule has 8 heteroatoms. The lowest BCUT2D eigenvalue weighted by Crippen LogP contribution is -2.06. The van der Waals surface area contributed by atoms with Crippen LogP contribution < -0.4 is 5.73 Å². The second kappa shape index (κ2) is 8.30. The summed E-state index contributed by atoms with van der Waals surface area (Å²) < 4.78 is 0. The number of benzene rings is 2. The number of nitro groups is 1. The number of thioether (sulfide) groups is 1. The molecule has 2 aromatic carbocycles. The monoisotopic (exact) mass is 348 g/mol. The summed E-state index contributed by atoms with van der Waals surface area (Å²) in [6.07, 6.45) is 1.39. The van der Waals surface area contributed by atoms with Crippen LogP contribution in [0.5, 0.6) is 0 Å². The summed E-state index contributed by atoms with van der Waals surface area (Å²) in [4.78, 5) is 10.3. The van der Waals surface area contributed by atoms with Crippen molar-refractivity contribution < 1.29 is 4.92 Å². The van der Waals surface area contributed by atoms with Crippen molar-refractivity contribution in [2.45, 2.75) is 5.75 Å². The summed E-state index contributed by atoms with van der Waals surface area (Å²) in [6.45, 7) is 0. The second-order valence-electron chi connectivity index (χ2n) is 4.43. The molecule has 0 saturated heterocycles. The van der Waals surface area contributed by atoms with Gasteiger partial charge in [0.25, 0.3) is 5.69 Å². The Kier molecular flexibility index (Phi) is 6.13. The normalized spacial score (nSPS) is 11.8. The predicted molar refractivity (Wildman–Crippen MR) is 95.1 cm³/mol. The first-order valence-electron chi connectivity index (χ1n) is 6.53. The second-order valence-corrected chi connectivity index (χ2v) is 5.83. The lowest BCUT2D eigenvalue weighted by molar-refractivity contribution is -0.384. The van der Waals surface area contributed by atoms with Crippen LogP contribution in [0.25, 0.3) is 0 Å². The van der Waals surface area contributed by atoms with Gasteiger partial charge in [0, 0.05) is 17.4 Å². The average molecular weight is 349 g/mol. The number of nitrogens with zero attached hydrogens (tertiary/aromatic N) is 3. The van der Waals surface area contributed by atoms with Crippen LogP contribution in [-0.2, 0) is 5.75 Å². The van der Waals surface area contributed by atoms with Gasteiger partial charge in [0.05, 0.1) is 11.1 Å². The highest BCUT2D eigenvalue weighted by Crippen LogP contribution is 2.24. The number of nitrogens with two attached hydrogens (primary N) is 1. The SMILES string of the molecule is NC(=NN=Cc1ccc(Cl)c([N+](=O)[O-])c1)SCc1ccccc1. The Morgan fingerprint density at radius 3 is 2.74 bits per heavy atom. The van der Waals surface area contributed by atoms with Gasteiger partial charge in [-0.2, -0.15) is 5.10 Å². The first-order chi connectivity index (χ1) is 11.1. The average Bonchev–Trinajstić information content (AvgIpc) is 2.55. The maximum atomic E-state index is 10.8. The van der Waals surface area contributed by atoms with Gasteiger partial charge in [-0.3, -0.25) is 10.1 Å². The molecule has 0 spiro atoms. The van der Waals surface area contributed by atoms with Gasteiger partial charge in [-0.05, 0) is 11.6 Å². The zero-order valence-corrected chi connectivity index (χ0v) is 13.5. The van der Waals surface area contributed by atoms with Gasteiger partial charge in [-0.25, -0.2) is 0 Å². The van der Waals surface area contributed by atoms with Gasteiger partial charge in [0.15, 0.2) is 5.17 Å². The van der Waals surface area contributed by atoms with Crippen LogP contribution in [0, 0.1) is 10.1 Å². The third-order valence-corrected chi connectivity index (χ3v) is 3.93. The van der Waals surface area contributed by atoms with E-state index in [0.29, 0.717) is 16.5 Å². The van der Waals surface area contributed by atoms with Crippen molar-refractivity contribution in [3.63, 3.8) is 0 Å². The van der Waals surface area contributed by atoms with Crippen molar-refractivity contribution >= 4 is 40.4 Å². The molecule has 0 radical (unpaired) electrons. The zero-order chi connectivity index (χ0) is 16.7. The van der Waals surface area contributed by atoms with Gasteiger partial charge >= 0.3 is 0 Å². The number of nitro benzene ring substituents is 1. The van der Waals surface area contributed by atoms with Crippen molar-refractivity contribution in [3.8, 4) is 0 Å². The molecule has 2 aromatic rings. The van der Waals surface area contributed by atoms with E-state index in [9.17, 15) is 10.1 Å². The fourth-order valence-corrected chi connectivity index (χ4v) is 2.46. The molecule has 0 aliphatic rings. The Bertz CT molecular complexity index is 750. The molecule has 2 N–H and O–H groups in total. The Hall–Kier alpha value is -2.38. The largest absolute Gasteiger partial charge is 0.377 e. The number of hydrogen-bond acceptors (Lipinski definition) is 5. The van der Waals surface area contributed by atoms with Gasteiger partial charge in [0.1, 0.15) is 5.02 Å². The highest BCUT2D eigenvalue weighted by atomic mass is 35.5. The van der Waals surface area contributed by atoms with Gasteiger partial charge in [-0.1, -0.05) is 59.8 Å². The molecule has 6 nitrogen and oxygen atoms in total. The van der Waals surface area contributed by atoms with E-state index in [2.05, 4.69) is 10.2 Å². The summed E-state index contributed by atoms with van der Waals surface area (Å²) in [7, 11) is 0. The fourth-order valence-electron chi connectivity index (χ4n) is 1.66. The molecule has 0 amide bonds. The maximum Gasteiger partial charge on any atom is 0.288 e. The van der Waals surface area contributed by atoms with E-state index < -0.39 is 4.92 Å². The molecular formula is C15H13ClN4O2S. The maximum absolute atomic E-state index is 10.8. The third kappa shape index (κ3) is 5.39. The van der Waals surface area contributed by atoms with Crippen LogP contribution in [0.4, 0.5) is 5.69 Å². The summed E-state index contributed by atoms with van der Waals surface area (Å²) in [5, 5.41) is 18.9. The quantitative estimate of drug-likeness (QED) is 0.384. The minimum atomic E-state index is -0.549. The van der Waals surface area contributed by atoms with Gasteiger partial charge in [0.2, 0.25) is 0 Å². The minimum Gasteiger partial charge on any atom is -0.377 e. The number of halogens is 1. The third-order valence-electron chi connectivity index (χ3n) is 2.76. The van der Waals surface area contributed by atoms with Crippen LogP contribution >= 0.6 is 23.4 Å². The molecule has 0 atom stereocenters. The smallest absolute Gasteiger partial charge is 0.288 e. The Labute approximate surface area is 142 Å². The van der Waals surface area contributed by atoms with Crippen molar-refractivity contribution in [2.75, 3.05) is 0 Å². The minimum absolute atomic E-state index is 0.0774. The Morgan fingerprint density at radius 1 is 1.30 bits per heavy atom. The number of amidine groups is 1. The molecular weight excluding hydrogens is 336 g/mol. The Morgan fingerprint density at radius 2 is 2.04 bits per heavy atom. The summed E-state index contributed by atoms with van der Waals surface area (Å²) >= 11 is 7.10. The predicted octanol–water partition coefficient (Wildman–Crippen LogP) is 3.83. The summed E-state index contributed by atoms with van der Waals surface area (Å²) in [5.74, 6) is 0.693. The van der Waals surface area contributed by atoms with Gasteiger partial charge < -0.3 is 5.73 Å². The molecule has 0 aliphatic carbocycles. The molecule has 0 heterocycles. The molecule has 118 valence electrons. The number of rotatable bonds is 5. The van der Waals surface area contributed by atoms with E-state index in [1.54, 1.807) is 6.07 Å². The molecule has 0 saturated carbocycles. The lowest BCUT2D eigenvalue weighted by Gasteiger charge is -1.99. The highest BCUT2D eigenvalue weighted by molar-refractivity contribution is 8.13. The molecule has 0 fully saturated rings. The van der Waals surface area contributed by atoms with Crippen molar-refractivity contribution in [3.05, 3.63) is 74.8 Å². The lowest BCUT2D eigenvalue weighted by atomic mass is 10.2. The fraction of sp³-hybridized carbons (Fsp3) is 0.0667. The van der Waals surface area contributed by atoms with Crippen LogP contribution in [0.2, 0.25) is 5.02 Å². The van der Waals surface area contributed by atoms with Gasteiger partial charge in [-0.15, -0.1) is 5.10 Å². The van der Waals surface area contributed by atoms with E-state index in [-0.39, 0.29) is 10.7 Å². The first kappa shape index (κ1) is 17.0. The Balaban J connectivity index is 1.97. The van der Waals surface area contributed by atoms with Crippen LogP contribution in [0.3, 0.4) is 0 Å². The van der Waals surface area contributed by atoms with Crippen molar-refractivity contribution in [1.82, 2.24) is 0 Å². The summed E-state index contributed by atoms with van der Waals surface area (Å²) in [5.41, 5.74) is 7.23. The van der Waals surface area contributed by atoms with Crippen LogP contribution in [-0.4, -0.2) is 16.3 Å². The highest BCUT2D eigenvalue weighted by Gasteiger charge is 2.11. The topological polar surface area (TPSA) is 93.9 Å². The standard InChI is InChI=1S/C15H13ClN4O2S/c16-13-7-6-12(8-14(13)20(21)22)9-18-19-15(17)23-10-11-4-2-1-3-5-11/h1-9H,10H2,(H2,17,19). The van der Waals surface area contributed by atoms with E-state index in [1.807, 2.05) is 30.3 Å². The van der Waals surface area contributed by atoms with E-state index in [4.69, 9.17) is 17.3 Å².